The lowest BCUT2D eigenvalue weighted by Crippen LogP contribution is -2.51. The van der Waals surface area contributed by atoms with Crippen molar-refractivity contribution in [1.29, 1.82) is 0 Å². The van der Waals surface area contributed by atoms with E-state index in [1.165, 1.54) is 6.08 Å². The lowest BCUT2D eigenvalue weighted by atomic mass is 10.2. The minimum atomic E-state index is -0.466. The van der Waals surface area contributed by atoms with Crippen LogP contribution in [0.15, 0.2) is 23.8 Å². The molecule has 0 bridgehead atoms. The van der Waals surface area contributed by atoms with Crippen LogP contribution in [0.2, 0.25) is 0 Å². The van der Waals surface area contributed by atoms with Gasteiger partial charge in [-0.3, -0.25) is 20.2 Å². The first-order chi connectivity index (χ1) is 6.15. The standard InChI is InChI=1S/C8H8N2O2S/c1-2-3-4-5-6(11)9-8(13)10-7(5)12/h2-4H,1H3,(H2,9,10,11,12,13)/b3-2+. The van der Waals surface area contributed by atoms with E-state index in [9.17, 15) is 9.59 Å². The Kier molecular flexibility index (Phi) is 2.92. The summed E-state index contributed by atoms with van der Waals surface area (Å²) in [5.41, 5.74) is 0.0618. The predicted molar refractivity (Wildman–Crippen MR) is 51.8 cm³/mol. The van der Waals surface area contributed by atoms with Crippen LogP contribution in [0.5, 0.6) is 0 Å². The van der Waals surface area contributed by atoms with Gasteiger partial charge >= 0.3 is 0 Å². The molecule has 0 aromatic rings. The molecule has 0 saturated carbocycles. The molecule has 0 radical (unpaired) electrons. The minimum Gasteiger partial charge on any atom is -0.299 e. The van der Waals surface area contributed by atoms with Crippen LogP contribution < -0.4 is 10.6 Å². The number of rotatable bonds is 1. The van der Waals surface area contributed by atoms with Crippen LogP contribution in [0.1, 0.15) is 6.92 Å². The van der Waals surface area contributed by atoms with Gasteiger partial charge in [0.05, 0.1) is 0 Å². The van der Waals surface area contributed by atoms with E-state index in [2.05, 4.69) is 22.9 Å². The molecule has 0 atom stereocenters. The van der Waals surface area contributed by atoms with Crippen molar-refractivity contribution < 1.29 is 9.59 Å². The Labute approximate surface area is 80.7 Å². The third kappa shape index (κ3) is 2.22. The van der Waals surface area contributed by atoms with Gasteiger partial charge < -0.3 is 0 Å². The van der Waals surface area contributed by atoms with Gasteiger partial charge in [0.25, 0.3) is 11.8 Å². The zero-order valence-electron chi connectivity index (χ0n) is 6.96. The molecule has 1 aliphatic heterocycles. The van der Waals surface area contributed by atoms with Crippen molar-refractivity contribution in [3.63, 3.8) is 0 Å². The number of amides is 2. The monoisotopic (exact) mass is 196 g/mol. The highest BCUT2D eigenvalue weighted by molar-refractivity contribution is 7.80. The Bertz CT molecular complexity index is 309. The molecular formula is C8H8N2O2S. The molecule has 0 aliphatic carbocycles. The fraction of sp³-hybridized carbons (Fsp3) is 0.125. The average molecular weight is 196 g/mol. The summed E-state index contributed by atoms with van der Waals surface area (Å²) >= 11 is 4.62. The van der Waals surface area contributed by atoms with Crippen molar-refractivity contribution in [3.8, 4) is 0 Å². The van der Waals surface area contributed by atoms with E-state index in [4.69, 9.17) is 0 Å². The number of carbonyl (C=O) groups is 2. The Morgan fingerprint density at radius 2 is 1.77 bits per heavy atom. The summed E-state index contributed by atoms with van der Waals surface area (Å²) in [4.78, 5) is 22.3. The molecule has 1 saturated heterocycles. The Hall–Kier alpha value is -1.49. The van der Waals surface area contributed by atoms with Gasteiger partial charge in [0.1, 0.15) is 5.57 Å². The van der Waals surface area contributed by atoms with E-state index in [0.29, 0.717) is 0 Å². The van der Waals surface area contributed by atoms with Gasteiger partial charge in [-0.1, -0.05) is 12.2 Å². The van der Waals surface area contributed by atoms with Gasteiger partial charge in [-0.15, -0.1) is 0 Å². The zero-order valence-corrected chi connectivity index (χ0v) is 7.77. The van der Waals surface area contributed by atoms with Crippen LogP contribution in [0.3, 0.4) is 0 Å². The lowest BCUT2D eigenvalue weighted by molar-refractivity contribution is -0.123. The summed E-state index contributed by atoms with van der Waals surface area (Å²) in [6.07, 6.45) is 4.77. The fourth-order valence-electron chi connectivity index (χ4n) is 0.819. The second kappa shape index (κ2) is 3.95. The second-order valence-electron chi connectivity index (χ2n) is 2.34. The van der Waals surface area contributed by atoms with Crippen molar-refractivity contribution in [3.05, 3.63) is 23.8 Å². The van der Waals surface area contributed by atoms with Crippen molar-refractivity contribution >= 4 is 29.1 Å². The number of nitrogens with one attached hydrogen (secondary N) is 2. The maximum atomic E-state index is 11.2. The number of hydrogen-bond donors (Lipinski definition) is 2. The Balaban J connectivity index is 2.91. The number of hydrogen-bond acceptors (Lipinski definition) is 3. The zero-order chi connectivity index (χ0) is 9.84. The molecule has 1 aliphatic rings. The van der Waals surface area contributed by atoms with Crippen LogP contribution in [0, 0.1) is 0 Å². The molecular weight excluding hydrogens is 188 g/mol. The first-order valence-corrected chi connectivity index (χ1v) is 4.05. The molecule has 1 fully saturated rings. The smallest absolute Gasteiger partial charge is 0.263 e. The first-order valence-electron chi connectivity index (χ1n) is 3.65. The van der Waals surface area contributed by atoms with Crippen LogP contribution in [0.25, 0.3) is 0 Å². The molecule has 0 unspecified atom stereocenters. The first kappa shape index (κ1) is 9.60. The van der Waals surface area contributed by atoms with Crippen molar-refractivity contribution in [2.45, 2.75) is 6.92 Å². The van der Waals surface area contributed by atoms with Crippen molar-refractivity contribution in [1.82, 2.24) is 10.6 Å². The maximum absolute atomic E-state index is 11.2. The number of thiocarbonyl (C=S) groups is 1. The van der Waals surface area contributed by atoms with Gasteiger partial charge in [0.2, 0.25) is 0 Å². The van der Waals surface area contributed by atoms with E-state index in [-0.39, 0.29) is 10.7 Å². The molecule has 0 spiro atoms. The predicted octanol–water partition coefficient (Wildman–Crippen LogP) is 0.0198. The average Bonchev–Trinajstić information content (AvgIpc) is 2.02. The molecule has 5 heteroatoms. The van der Waals surface area contributed by atoms with Crippen LogP contribution in [0.4, 0.5) is 0 Å². The van der Waals surface area contributed by atoms with Gasteiger partial charge in [-0.05, 0) is 25.2 Å². The molecule has 4 nitrogen and oxygen atoms in total. The van der Waals surface area contributed by atoms with E-state index in [1.54, 1.807) is 19.1 Å². The maximum Gasteiger partial charge on any atom is 0.263 e. The number of allylic oxidation sites excluding steroid dienone is 3. The fourth-order valence-corrected chi connectivity index (χ4v) is 1.00. The van der Waals surface area contributed by atoms with E-state index in [1.807, 2.05) is 0 Å². The topological polar surface area (TPSA) is 58.2 Å². The molecule has 2 N–H and O–H groups in total. The summed E-state index contributed by atoms with van der Waals surface area (Å²) in [5.74, 6) is -0.932. The van der Waals surface area contributed by atoms with E-state index < -0.39 is 11.8 Å². The largest absolute Gasteiger partial charge is 0.299 e. The second-order valence-corrected chi connectivity index (χ2v) is 2.75. The molecule has 13 heavy (non-hydrogen) atoms. The van der Waals surface area contributed by atoms with Crippen LogP contribution >= 0.6 is 12.2 Å². The highest BCUT2D eigenvalue weighted by Gasteiger charge is 2.24. The normalized spacial score (nSPS) is 17.3. The minimum absolute atomic E-state index is 0.0487. The Morgan fingerprint density at radius 3 is 2.23 bits per heavy atom. The highest BCUT2D eigenvalue weighted by atomic mass is 32.1. The molecule has 1 rings (SSSR count). The Morgan fingerprint density at radius 1 is 1.23 bits per heavy atom. The quantitative estimate of drug-likeness (QED) is 0.353. The third-order valence-corrected chi connectivity index (χ3v) is 1.60. The van der Waals surface area contributed by atoms with Crippen LogP contribution in [-0.2, 0) is 9.59 Å². The van der Waals surface area contributed by atoms with Gasteiger partial charge in [0.15, 0.2) is 5.11 Å². The summed E-state index contributed by atoms with van der Waals surface area (Å²) < 4.78 is 0. The van der Waals surface area contributed by atoms with E-state index in [0.717, 1.165) is 0 Å². The molecule has 0 aromatic carbocycles. The lowest BCUT2D eigenvalue weighted by Gasteiger charge is -2.15. The van der Waals surface area contributed by atoms with E-state index >= 15 is 0 Å². The summed E-state index contributed by atoms with van der Waals surface area (Å²) in [6.45, 7) is 1.79. The molecule has 2 amide bonds. The van der Waals surface area contributed by atoms with Gasteiger partial charge in [-0.25, -0.2) is 0 Å². The van der Waals surface area contributed by atoms with Gasteiger partial charge in [0, 0.05) is 0 Å². The molecule has 68 valence electrons. The highest BCUT2D eigenvalue weighted by Crippen LogP contribution is 2.00. The molecule has 1 heterocycles. The van der Waals surface area contributed by atoms with Crippen molar-refractivity contribution in [2.24, 2.45) is 0 Å². The summed E-state index contributed by atoms with van der Waals surface area (Å²) in [5, 5.41) is 4.70. The third-order valence-electron chi connectivity index (χ3n) is 1.40. The number of carbonyl (C=O) groups excluding carboxylic acids is 2. The summed E-state index contributed by atoms with van der Waals surface area (Å²) in [7, 11) is 0. The molecule has 0 aromatic heterocycles. The van der Waals surface area contributed by atoms with Crippen LogP contribution in [-0.4, -0.2) is 16.9 Å². The SMILES string of the molecule is C/C=C/C=C1C(=O)NC(=S)NC1=O. The summed E-state index contributed by atoms with van der Waals surface area (Å²) in [6, 6.07) is 0. The van der Waals surface area contributed by atoms with Gasteiger partial charge in [-0.2, -0.15) is 0 Å². The van der Waals surface area contributed by atoms with Crippen molar-refractivity contribution in [2.75, 3.05) is 0 Å².